The zero-order valence-corrected chi connectivity index (χ0v) is 19.4. The first-order valence-corrected chi connectivity index (χ1v) is 12.1. The molecule has 0 radical (unpaired) electrons. The Labute approximate surface area is 193 Å². The van der Waals surface area contributed by atoms with Crippen LogP contribution in [0.3, 0.4) is 0 Å². The number of amides is 1. The van der Waals surface area contributed by atoms with Crippen LogP contribution < -0.4 is 5.32 Å². The van der Waals surface area contributed by atoms with E-state index in [0.29, 0.717) is 6.54 Å². The topological polar surface area (TPSA) is 91.6 Å². The number of aromatic nitrogens is 1. The van der Waals surface area contributed by atoms with Crippen LogP contribution in [-0.2, 0) is 21.4 Å². The third-order valence-electron chi connectivity index (χ3n) is 5.70. The van der Waals surface area contributed by atoms with Crippen LogP contribution in [-0.4, -0.2) is 54.5 Å². The van der Waals surface area contributed by atoms with Gasteiger partial charge in [-0.2, -0.15) is 4.31 Å². The Hall–Kier alpha value is -3.20. The smallest absolute Gasteiger partial charge is 0.243 e. The molecule has 1 heterocycles. The predicted octanol–water partition coefficient (Wildman–Crippen LogP) is 2.90. The largest absolute Gasteiger partial charge is 0.389 e. The summed E-state index contributed by atoms with van der Waals surface area (Å²) < 4.78 is 28.4. The highest BCUT2D eigenvalue weighted by atomic mass is 32.2. The van der Waals surface area contributed by atoms with Crippen molar-refractivity contribution in [2.24, 2.45) is 0 Å². The van der Waals surface area contributed by atoms with Gasteiger partial charge in [-0.1, -0.05) is 54.1 Å². The Morgan fingerprint density at radius 3 is 2.09 bits per heavy atom. The zero-order chi connectivity index (χ0) is 23.6. The number of carbonyl (C=O) groups is 1. The van der Waals surface area contributed by atoms with Gasteiger partial charge in [-0.15, -0.1) is 0 Å². The van der Waals surface area contributed by atoms with E-state index in [1.165, 1.54) is 19.2 Å². The van der Waals surface area contributed by atoms with Gasteiger partial charge in [-0.3, -0.25) is 4.79 Å². The summed E-state index contributed by atoms with van der Waals surface area (Å²) >= 11 is 0. The van der Waals surface area contributed by atoms with Gasteiger partial charge in [-0.05, 0) is 31.2 Å². The van der Waals surface area contributed by atoms with Crippen LogP contribution >= 0.6 is 0 Å². The van der Waals surface area contributed by atoms with Gasteiger partial charge < -0.3 is 15.0 Å². The number of nitrogens with zero attached hydrogens (tertiary/aromatic N) is 2. The maximum atomic E-state index is 12.7. The normalized spacial score (nSPS) is 13.0. The van der Waals surface area contributed by atoms with Crippen LogP contribution in [0.4, 0.5) is 0 Å². The summed E-state index contributed by atoms with van der Waals surface area (Å²) in [6.45, 7) is 1.85. The third-order valence-corrected chi connectivity index (χ3v) is 7.52. The number of carbonyl (C=O) groups excluding carboxylic acids is 1. The van der Waals surface area contributed by atoms with Crippen molar-refractivity contribution in [2.45, 2.75) is 24.5 Å². The fourth-order valence-corrected chi connectivity index (χ4v) is 5.07. The van der Waals surface area contributed by atoms with Crippen molar-refractivity contribution in [2.75, 3.05) is 20.1 Å². The van der Waals surface area contributed by atoms with Gasteiger partial charge in [0.05, 0.1) is 24.1 Å². The average molecular weight is 466 g/mol. The van der Waals surface area contributed by atoms with Crippen LogP contribution in [0, 0.1) is 6.92 Å². The number of benzene rings is 3. The van der Waals surface area contributed by atoms with Gasteiger partial charge in [0.25, 0.3) is 0 Å². The molecule has 0 unspecified atom stereocenters. The van der Waals surface area contributed by atoms with E-state index in [1.807, 2.05) is 60.0 Å². The second-order valence-electron chi connectivity index (χ2n) is 8.18. The van der Waals surface area contributed by atoms with E-state index in [9.17, 15) is 18.3 Å². The molecule has 0 aliphatic rings. The highest BCUT2D eigenvalue weighted by Crippen LogP contribution is 2.28. The molecule has 4 aromatic rings. The molecule has 0 bridgehead atoms. The molecule has 3 aromatic carbocycles. The number of likely N-dealkylation sites (N-methyl/N-ethyl adjacent to an activating group) is 1. The van der Waals surface area contributed by atoms with E-state index in [0.717, 1.165) is 31.7 Å². The molecule has 1 atom stereocenters. The number of sulfonamides is 1. The lowest BCUT2D eigenvalue weighted by molar-refractivity contribution is -0.121. The van der Waals surface area contributed by atoms with Gasteiger partial charge in [0.2, 0.25) is 15.9 Å². The molecule has 1 aromatic heterocycles. The van der Waals surface area contributed by atoms with Crippen LogP contribution in [0.5, 0.6) is 0 Å². The number of nitrogens with one attached hydrogen (secondary N) is 1. The Kier molecular flexibility index (Phi) is 6.51. The molecule has 0 saturated heterocycles. The van der Waals surface area contributed by atoms with Crippen molar-refractivity contribution in [3.8, 4) is 0 Å². The van der Waals surface area contributed by atoms with E-state index in [2.05, 4.69) is 5.32 Å². The van der Waals surface area contributed by atoms with Gasteiger partial charge in [-0.25, -0.2) is 8.42 Å². The van der Waals surface area contributed by atoms with Crippen LogP contribution in [0.25, 0.3) is 21.8 Å². The standard InChI is InChI=1S/C25H27N3O4S/c1-18-11-13-20(14-12-18)33(31,32)27(2)17-25(30)26-15-19(29)16-28-23-9-5-3-7-21(23)22-8-4-6-10-24(22)28/h3-14,19,29H,15-17H2,1-2H3,(H,26,30)/t19-/m0/s1. The maximum absolute atomic E-state index is 12.7. The van der Waals surface area contributed by atoms with Crippen molar-refractivity contribution >= 4 is 37.7 Å². The van der Waals surface area contributed by atoms with Crippen LogP contribution in [0.2, 0.25) is 0 Å². The molecule has 0 spiro atoms. The van der Waals surface area contributed by atoms with E-state index in [-0.39, 0.29) is 18.0 Å². The summed E-state index contributed by atoms with van der Waals surface area (Å²) in [4.78, 5) is 12.5. The summed E-state index contributed by atoms with van der Waals surface area (Å²) in [7, 11) is -2.41. The molecular formula is C25H27N3O4S. The van der Waals surface area contributed by atoms with Gasteiger partial charge in [0.1, 0.15) is 0 Å². The second-order valence-corrected chi connectivity index (χ2v) is 10.2. The highest BCUT2D eigenvalue weighted by Gasteiger charge is 2.23. The molecule has 2 N–H and O–H groups in total. The molecule has 4 rings (SSSR count). The molecule has 0 aliphatic carbocycles. The first-order valence-electron chi connectivity index (χ1n) is 10.7. The summed E-state index contributed by atoms with van der Waals surface area (Å²) in [5.41, 5.74) is 2.97. The number of rotatable bonds is 8. The van der Waals surface area contributed by atoms with E-state index < -0.39 is 22.0 Å². The van der Waals surface area contributed by atoms with Gasteiger partial charge in [0.15, 0.2) is 0 Å². The predicted molar refractivity (Wildman–Crippen MR) is 129 cm³/mol. The van der Waals surface area contributed by atoms with Crippen LogP contribution in [0.1, 0.15) is 5.56 Å². The lowest BCUT2D eigenvalue weighted by Gasteiger charge is -2.18. The number of hydrogen-bond donors (Lipinski definition) is 2. The van der Waals surface area contributed by atoms with E-state index in [4.69, 9.17) is 0 Å². The minimum absolute atomic E-state index is 0.0120. The number of hydrogen-bond acceptors (Lipinski definition) is 4. The first-order chi connectivity index (χ1) is 15.8. The number of para-hydroxylation sites is 2. The lowest BCUT2D eigenvalue weighted by Crippen LogP contribution is -2.41. The van der Waals surface area contributed by atoms with Gasteiger partial charge >= 0.3 is 0 Å². The number of aliphatic hydroxyl groups excluding tert-OH is 1. The minimum atomic E-state index is -3.77. The highest BCUT2D eigenvalue weighted by molar-refractivity contribution is 7.89. The minimum Gasteiger partial charge on any atom is -0.389 e. The third kappa shape index (κ3) is 4.78. The number of aryl methyl sites for hydroxylation is 1. The van der Waals surface area contributed by atoms with Crippen molar-refractivity contribution in [1.82, 2.24) is 14.2 Å². The molecule has 8 heteroatoms. The SMILES string of the molecule is Cc1ccc(S(=O)(=O)N(C)CC(=O)NC[C@H](O)Cn2c3ccccc3c3ccccc32)cc1. The molecule has 172 valence electrons. The Balaban J connectivity index is 1.39. The molecular weight excluding hydrogens is 438 g/mol. The Morgan fingerprint density at radius 1 is 0.970 bits per heavy atom. The fraction of sp³-hybridized carbons (Fsp3) is 0.240. The summed E-state index contributed by atoms with van der Waals surface area (Å²) in [6, 6.07) is 22.5. The van der Waals surface area contributed by atoms with Gasteiger partial charge in [0, 0.05) is 35.4 Å². The quantitative estimate of drug-likeness (QED) is 0.419. The Morgan fingerprint density at radius 2 is 1.52 bits per heavy atom. The van der Waals surface area contributed by atoms with Crippen LogP contribution in [0.15, 0.2) is 77.7 Å². The zero-order valence-electron chi connectivity index (χ0n) is 18.6. The number of fused-ring (bicyclic) bond motifs is 3. The van der Waals surface area contributed by atoms with E-state index >= 15 is 0 Å². The maximum Gasteiger partial charge on any atom is 0.243 e. The van der Waals surface area contributed by atoms with Crippen molar-refractivity contribution in [3.05, 3.63) is 78.4 Å². The monoisotopic (exact) mass is 465 g/mol. The first kappa shape index (κ1) is 23.0. The van der Waals surface area contributed by atoms with Crippen molar-refractivity contribution < 1.29 is 18.3 Å². The molecule has 1 amide bonds. The van der Waals surface area contributed by atoms with Crippen molar-refractivity contribution in [1.29, 1.82) is 0 Å². The Bertz CT molecular complexity index is 1340. The lowest BCUT2D eigenvalue weighted by atomic mass is 10.2. The van der Waals surface area contributed by atoms with E-state index in [1.54, 1.807) is 12.1 Å². The number of aliphatic hydroxyl groups is 1. The summed E-state index contributed by atoms with van der Waals surface area (Å²) in [6.07, 6.45) is -0.841. The fourth-order valence-electron chi connectivity index (χ4n) is 3.94. The van der Waals surface area contributed by atoms with Crippen molar-refractivity contribution in [3.63, 3.8) is 0 Å². The molecule has 0 saturated carbocycles. The molecule has 0 aliphatic heterocycles. The summed E-state index contributed by atoms with van der Waals surface area (Å²) in [5.74, 6) is -0.477. The average Bonchev–Trinajstić information content (AvgIpc) is 3.12. The second kappa shape index (κ2) is 9.35. The molecule has 33 heavy (non-hydrogen) atoms. The summed E-state index contributed by atoms with van der Waals surface area (Å²) in [5, 5.41) is 15.5. The molecule has 0 fully saturated rings. The molecule has 7 nitrogen and oxygen atoms in total.